The first-order chi connectivity index (χ1) is 20.4. The molecule has 1 aromatic carbocycles. The van der Waals surface area contributed by atoms with Gasteiger partial charge in [-0.15, -0.1) is 0 Å². The normalized spacial score (nSPS) is 22.7. The molecule has 3 atom stereocenters. The van der Waals surface area contributed by atoms with Crippen molar-refractivity contribution in [3.63, 3.8) is 0 Å². The van der Waals surface area contributed by atoms with Crippen LogP contribution in [0.5, 0.6) is 6.01 Å². The second-order valence-electron chi connectivity index (χ2n) is 11.4. The largest absolute Gasteiger partial charge is 0.462 e. The molecule has 1 amide bonds. The third-order valence-electron chi connectivity index (χ3n) is 8.87. The Morgan fingerprint density at radius 3 is 2.93 bits per heavy atom. The molecule has 0 bridgehead atoms. The minimum absolute atomic E-state index is 0.0741. The lowest BCUT2D eigenvalue weighted by atomic mass is 9.92. The maximum absolute atomic E-state index is 12.5. The fraction of sp³-hybridized carbons (Fsp3) is 0.500. The molecule has 2 N–H and O–H groups in total. The molecule has 3 unspecified atom stereocenters. The van der Waals surface area contributed by atoms with Crippen LogP contribution < -0.4 is 15.0 Å². The van der Waals surface area contributed by atoms with Crippen molar-refractivity contribution >= 4 is 34.2 Å². The fourth-order valence-electron chi connectivity index (χ4n) is 6.53. The fourth-order valence-corrected chi connectivity index (χ4v) is 6.82. The van der Waals surface area contributed by atoms with Gasteiger partial charge in [0.15, 0.2) is 0 Å². The van der Waals surface area contributed by atoms with Crippen LogP contribution in [0.4, 0.5) is 5.82 Å². The number of amides is 1. The topological polar surface area (TPSA) is 126 Å². The molecule has 5 heterocycles. The van der Waals surface area contributed by atoms with Crippen molar-refractivity contribution in [3.05, 3.63) is 52.3 Å². The highest BCUT2D eigenvalue weighted by Gasteiger charge is 2.34. The number of aryl methyl sites for hydroxylation is 1. The molecule has 2 saturated heterocycles. The molecule has 3 aliphatic rings. The maximum atomic E-state index is 12.5. The van der Waals surface area contributed by atoms with Crippen molar-refractivity contribution in [2.75, 3.05) is 44.7 Å². The molecule has 6 rings (SSSR count). The molecular weight excluding hydrogens is 554 g/mol. The summed E-state index contributed by atoms with van der Waals surface area (Å²) in [5.74, 6) is 0.632. The van der Waals surface area contributed by atoms with Gasteiger partial charge in [-0.1, -0.05) is 18.2 Å². The van der Waals surface area contributed by atoms with E-state index in [1.54, 1.807) is 4.90 Å². The molecule has 3 aliphatic heterocycles. The van der Waals surface area contributed by atoms with E-state index < -0.39 is 0 Å². The lowest BCUT2D eigenvalue weighted by Gasteiger charge is -2.42. The number of anilines is 1. The third-order valence-corrected chi connectivity index (χ3v) is 9.37. The van der Waals surface area contributed by atoms with Gasteiger partial charge in [-0.05, 0) is 56.6 Å². The minimum atomic E-state index is -0.263. The van der Waals surface area contributed by atoms with Crippen LogP contribution >= 0.6 is 11.6 Å². The molecule has 0 spiro atoms. The first-order valence-corrected chi connectivity index (χ1v) is 14.9. The van der Waals surface area contributed by atoms with E-state index in [2.05, 4.69) is 45.0 Å². The number of nitrogens with zero attached hydrogens (tertiary/aromatic N) is 7. The van der Waals surface area contributed by atoms with Crippen molar-refractivity contribution in [1.29, 1.82) is 5.26 Å². The second-order valence-corrected chi connectivity index (χ2v) is 11.8. The molecule has 2 aromatic heterocycles. The van der Waals surface area contributed by atoms with Crippen LogP contribution in [-0.4, -0.2) is 87.8 Å². The Balaban J connectivity index is 1.35. The number of likely N-dealkylation sites (tertiary alicyclic amines) is 1. The molecule has 11 nitrogen and oxygen atoms in total. The van der Waals surface area contributed by atoms with Gasteiger partial charge in [-0.3, -0.25) is 9.89 Å². The quantitative estimate of drug-likeness (QED) is 0.399. The van der Waals surface area contributed by atoms with Crippen molar-refractivity contribution in [2.24, 2.45) is 0 Å². The number of aromatic nitrogens is 4. The summed E-state index contributed by atoms with van der Waals surface area (Å²) in [4.78, 5) is 28.6. The molecule has 0 aliphatic carbocycles. The van der Waals surface area contributed by atoms with Crippen LogP contribution in [0.2, 0.25) is 5.02 Å². The lowest BCUT2D eigenvalue weighted by Crippen LogP contribution is -2.55. The van der Waals surface area contributed by atoms with Gasteiger partial charge in [0.25, 0.3) is 0 Å². The number of benzene rings is 1. The average molecular weight is 590 g/mol. The van der Waals surface area contributed by atoms with Crippen molar-refractivity contribution in [3.8, 4) is 12.1 Å². The van der Waals surface area contributed by atoms with Gasteiger partial charge >= 0.3 is 6.01 Å². The SMILES string of the molecule is C=CC(=O)N1CCN(c2nc(OCC3CCCN3C)nc3c2CNC(c2c(Cl)c(C)cc4[nH]ncc24)C3)CC1CC#N. The van der Waals surface area contributed by atoms with Crippen LogP contribution in [0.3, 0.4) is 0 Å². The summed E-state index contributed by atoms with van der Waals surface area (Å²) in [6.07, 6.45) is 6.21. The van der Waals surface area contributed by atoms with Gasteiger partial charge in [0.1, 0.15) is 12.4 Å². The summed E-state index contributed by atoms with van der Waals surface area (Å²) in [6.45, 7) is 9.32. The Hall–Kier alpha value is -3.72. The van der Waals surface area contributed by atoms with Gasteiger partial charge in [0.2, 0.25) is 5.91 Å². The molecule has 0 saturated carbocycles. The predicted octanol–water partition coefficient (Wildman–Crippen LogP) is 3.29. The summed E-state index contributed by atoms with van der Waals surface area (Å²) in [7, 11) is 2.12. The average Bonchev–Trinajstić information content (AvgIpc) is 3.63. The zero-order valence-corrected chi connectivity index (χ0v) is 24.8. The number of halogens is 1. The number of nitriles is 1. The van der Waals surface area contributed by atoms with Crippen LogP contribution in [0.15, 0.2) is 24.9 Å². The monoisotopic (exact) mass is 589 g/mol. The standard InChI is InChI=1S/C30H36ClN9O2/c1-4-26(41)40-11-10-39(16-19(40)7-8-32)29-22-14-33-25(27-21-15-34-37-24(21)12-18(2)28(27)31)13-23(22)35-30(36-29)42-17-20-6-5-9-38(20)3/h4,12,15,19-20,25,33H,1,5-7,9-11,13-14,16-17H2,2-3H3,(H,34,37). The number of ether oxygens (including phenoxy) is 1. The van der Waals surface area contributed by atoms with E-state index >= 15 is 0 Å². The molecule has 42 heavy (non-hydrogen) atoms. The number of aromatic amines is 1. The van der Waals surface area contributed by atoms with Gasteiger partial charge in [0.05, 0.1) is 35.9 Å². The number of nitrogens with one attached hydrogen (secondary N) is 2. The minimum Gasteiger partial charge on any atom is -0.462 e. The summed E-state index contributed by atoms with van der Waals surface area (Å²) >= 11 is 6.89. The smallest absolute Gasteiger partial charge is 0.318 e. The maximum Gasteiger partial charge on any atom is 0.318 e. The Bertz CT molecular complexity index is 1550. The van der Waals surface area contributed by atoms with Crippen molar-refractivity contribution in [1.82, 2.24) is 35.3 Å². The zero-order valence-electron chi connectivity index (χ0n) is 24.1. The molecule has 220 valence electrons. The first kappa shape index (κ1) is 28.4. The Kier molecular flexibility index (Phi) is 8.03. The second kappa shape index (κ2) is 11.9. The molecule has 3 aromatic rings. The number of likely N-dealkylation sites (N-methyl/N-ethyl adjacent to an activating group) is 1. The summed E-state index contributed by atoms with van der Waals surface area (Å²) in [6, 6.07) is 4.61. The predicted molar refractivity (Wildman–Crippen MR) is 160 cm³/mol. The molecule has 0 radical (unpaired) electrons. The van der Waals surface area contributed by atoms with Crippen LogP contribution in [0.25, 0.3) is 10.9 Å². The Morgan fingerprint density at radius 1 is 1.31 bits per heavy atom. The molecule has 12 heteroatoms. The number of H-pyrrole nitrogens is 1. The number of hydrogen-bond acceptors (Lipinski definition) is 9. The van der Waals surface area contributed by atoms with E-state index in [0.29, 0.717) is 51.3 Å². The van der Waals surface area contributed by atoms with E-state index in [4.69, 9.17) is 26.3 Å². The highest BCUT2D eigenvalue weighted by atomic mass is 35.5. The van der Waals surface area contributed by atoms with Gasteiger partial charge in [-0.2, -0.15) is 20.3 Å². The van der Waals surface area contributed by atoms with Crippen LogP contribution in [-0.2, 0) is 17.8 Å². The zero-order chi connectivity index (χ0) is 29.4. The number of carbonyl (C=O) groups is 1. The third kappa shape index (κ3) is 5.30. The number of rotatable bonds is 7. The van der Waals surface area contributed by atoms with Gasteiger partial charge in [0, 0.05) is 60.7 Å². The van der Waals surface area contributed by atoms with Crippen LogP contribution in [0, 0.1) is 18.3 Å². The first-order valence-electron chi connectivity index (χ1n) is 14.5. The molecule has 2 fully saturated rings. The Labute approximate surface area is 250 Å². The number of piperazine rings is 1. The Morgan fingerprint density at radius 2 is 2.17 bits per heavy atom. The lowest BCUT2D eigenvalue weighted by molar-refractivity contribution is -0.128. The number of fused-ring (bicyclic) bond motifs is 2. The summed E-state index contributed by atoms with van der Waals surface area (Å²) < 4.78 is 6.27. The summed E-state index contributed by atoms with van der Waals surface area (Å²) in [5, 5.41) is 22.2. The van der Waals surface area contributed by atoms with Crippen molar-refractivity contribution < 1.29 is 9.53 Å². The van der Waals surface area contributed by atoms with E-state index in [1.807, 2.05) is 19.2 Å². The van der Waals surface area contributed by atoms with E-state index in [0.717, 1.165) is 63.5 Å². The van der Waals surface area contributed by atoms with E-state index in [1.165, 1.54) is 6.08 Å². The highest BCUT2D eigenvalue weighted by Crippen LogP contribution is 2.39. The van der Waals surface area contributed by atoms with Gasteiger partial charge in [-0.25, -0.2) is 0 Å². The summed E-state index contributed by atoms with van der Waals surface area (Å²) in [5.41, 5.74) is 4.85. The van der Waals surface area contributed by atoms with Crippen molar-refractivity contribution in [2.45, 2.75) is 57.3 Å². The van der Waals surface area contributed by atoms with Crippen LogP contribution in [0.1, 0.15) is 47.7 Å². The number of carbonyl (C=O) groups excluding carboxylic acids is 1. The highest BCUT2D eigenvalue weighted by molar-refractivity contribution is 6.33. The van der Waals surface area contributed by atoms with Gasteiger partial charge < -0.3 is 24.8 Å². The van der Waals surface area contributed by atoms with E-state index in [9.17, 15) is 10.1 Å². The molecular formula is C30H36ClN9O2. The van der Waals surface area contributed by atoms with E-state index in [-0.39, 0.29) is 24.4 Å². The number of hydrogen-bond donors (Lipinski definition) is 2.